The van der Waals surface area contributed by atoms with E-state index in [9.17, 15) is 14.4 Å². The largest absolute Gasteiger partial charge is 0.354 e. The molecule has 1 aliphatic rings. The van der Waals surface area contributed by atoms with Crippen LogP contribution in [0.3, 0.4) is 0 Å². The van der Waals surface area contributed by atoms with E-state index in [1.54, 1.807) is 6.92 Å². The number of rotatable bonds is 5. The molecule has 0 unspecified atom stereocenters. The molecule has 2 aromatic carbocycles. The number of carbonyl (C=O) groups is 3. The number of urea groups is 1. The van der Waals surface area contributed by atoms with Crippen molar-refractivity contribution in [3.05, 3.63) is 48.0 Å². The number of amides is 4. The Morgan fingerprint density at radius 2 is 1.85 bits per heavy atom. The number of benzene rings is 2. The first-order valence-corrected chi connectivity index (χ1v) is 8.72. The average Bonchev–Trinajstić information content (AvgIpc) is 2.83. The molecule has 2 N–H and O–H groups in total. The lowest BCUT2D eigenvalue weighted by Gasteiger charge is -2.24. The molecule has 0 spiro atoms. The Bertz CT molecular complexity index is 872. The molecule has 6 nitrogen and oxygen atoms in total. The average molecular weight is 353 g/mol. The van der Waals surface area contributed by atoms with Crippen molar-refractivity contribution in [2.45, 2.75) is 26.3 Å². The Balaban J connectivity index is 1.88. The van der Waals surface area contributed by atoms with Crippen molar-refractivity contribution in [1.29, 1.82) is 0 Å². The zero-order chi connectivity index (χ0) is 18.9. The Morgan fingerprint density at radius 1 is 1.15 bits per heavy atom. The molecule has 0 radical (unpaired) electrons. The summed E-state index contributed by atoms with van der Waals surface area (Å²) in [5, 5.41) is 7.39. The van der Waals surface area contributed by atoms with Crippen LogP contribution in [-0.2, 0) is 15.1 Å². The summed E-state index contributed by atoms with van der Waals surface area (Å²) in [6.45, 7) is 5.86. The molecule has 0 aromatic heterocycles. The normalized spacial score (nSPS) is 19.9. The highest BCUT2D eigenvalue weighted by atomic mass is 16.2. The molecule has 0 bridgehead atoms. The van der Waals surface area contributed by atoms with Gasteiger partial charge >= 0.3 is 6.03 Å². The van der Waals surface area contributed by atoms with Gasteiger partial charge in [-0.05, 0) is 29.2 Å². The molecular formula is C20H23N3O3. The zero-order valence-electron chi connectivity index (χ0n) is 15.2. The molecule has 136 valence electrons. The van der Waals surface area contributed by atoms with Crippen molar-refractivity contribution in [2.24, 2.45) is 5.92 Å². The lowest BCUT2D eigenvalue weighted by Crippen LogP contribution is -2.43. The summed E-state index contributed by atoms with van der Waals surface area (Å²) in [5.74, 6) is -0.467. The van der Waals surface area contributed by atoms with Gasteiger partial charge in [-0.15, -0.1) is 0 Å². The predicted molar refractivity (Wildman–Crippen MR) is 99.4 cm³/mol. The Hall–Kier alpha value is -2.89. The summed E-state index contributed by atoms with van der Waals surface area (Å²) in [6, 6.07) is 12.8. The predicted octanol–water partition coefficient (Wildman–Crippen LogP) is 2.38. The van der Waals surface area contributed by atoms with E-state index >= 15 is 0 Å². The van der Waals surface area contributed by atoms with Crippen LogP contribution < -0.4 is 10.6 Å². The maximum Gasteiger partial charge on any atom is 0.325 e. The highest BCUT2D eigenvalue weighted by molar-refractivity contribution is 6.10. The molecule has 6 heteroatoms. The number of hydrogen-bond donors (Lipinski definition) is 2. The molecule has 3 rings (SSSR count). The quantitative estimate of drug-likeness (QED) is 0.810. The summed E-state index contributed by atoms with van der Waals surface area (Å²) < 4.78 is 0. The molecular weight excluding hydrogens is 330 g/mol. The summed E-state index contributed by atoms with van der Waals surface area (Å²) >= 11 is 0. The fourth-order valence-corrected chi connectivity index (χ4v) is 3.20. The SMILES string of the molecule is CC(C)CNC(=O)CN1C(=O)N[C@](C)(c2cccc3ccccc23)C1=O. The van der Waals surface area contributed by atoms with E-state index in [0.29, 0.717) is 12.5 Å². The molecule has 1 heterocycles. The van der Waals surface area contributed by atoms with Crippen molar-refractivity contribution in [3.63, 3.8) is 0 Å². The van der Waals surface area contributed by atoms with Gasteiger partial charge < -0.3 is 10.6 Å². The number of nitrogens with zero attached hydrogens (tertiary/aromatic N) is 1. The van der Waals surface area contributed by atoms with Crippen LogP contribution >= 0.6 is 0 Å². The molecule has 1 aliphatic heterocycles. The van der Waals surface area contributed by atoms with E-state index < -0.39 is 17.5 Å². The van der Waals surface area contributed by atoms with Gasteiger partial charge in [0, 0.05) is 6.54 Å². The third kappa shape index (κ3) is 3.14. The van der Waals surface area contributed by atoms with E-state index in [-0.39, 0.29) is 12.5 Å². The van der Waals surface area contributed by atoms with Crippen LogP contribution in [0.15, 0.2) is 42.5 Å². The highest BCUT2D eigenvalue weighted by Gasteiger charge is 2.50. The van der Waals surface area contributed by atoms with Gasteiger partial charge in [0.15, 0.2) is 0 Å². The topological polar surface area (TPSA) is 78.5 Å². The van der Waals surface area contributed by atoms with Gasteiger partial charge in [0.1, 0.15) is 12.1 Å². The number of hydrogen-bond acceptors (Lipinski definition) is 3. The van der Waals surface area contributed by atoms with Crippen molar-refractivity contribution in [3.8, 4) is 0 Å². The molecule has 1 atom stereocenters. The molecule has 1 fully saturated rings. The second-order valence-corrected chi connectivity index (χ2v) is 7.17. The van der Waals surface area contributed by atoms with Gasteiger partial charge in [0.2, 0.25) is 5.91 Å². The maximum atomic E-state index is 13.0. The van der Waals surface area contributed by atoms with Crippen LogP contribution in [0.4, 0.5) is 4.79 Å². The third-order valence-electron chi connectivity index (χ3n) is 4.61. The summed E-state index contributed by atoms with van der Waals surface area (Å²) in [7, 11) is 0. The first-order valence-electron chi connectivity index (χ1n) is 8.72. The summed E-state index contributed by atoms with van der Waals surface area (Å²) in [4.78, 5) is 38.5. The number of imide groups is 1. The lowest BCUT2D eigenvalue weighted by molar-refractivity contribution is -0.134. The minimum atomic E-state index is -1.20. The van der Waals surface area contributed by atoms with Gasteiger partial charge in [0.05, 0.1) is 0 Å². The smallest absolute Gasteiger partial charge is 0.325 e. The van der Waals surface area contributed by atoms with Crippen molar-refractivity contribution in [2.75, 3.05) is 13.1 Å². The van der Waals surface area contributed by atoms with Gasteiger partial charge in [0.25, 0.3) is 5.91 Å². The maximum absolute atomic E-state index is 13.0. The molecule has 4 amide bonds. The van der Waals surface area contributed by atoms with Crippen LogP contribution in [-0.4, -0.2) is 35.8 Å². The van der Waals surface area contributed by atoms with Crippen molar-refractivity contribution >= 4 is 28.6 Å². The van der Waals surface area contributed by atoms with E-state index in [0.717, 1.165) is 21.2 Å². The Kier molecular flexibility index (Phi) is 4.68. The van der Waals surface area contributed by atoms with Crippen molar-refractivity contribution < 1.29 is 14.4 Å². The fourth-order valence-electron chi connectivity index (χ4n) is 3.20. The van der Waals surface area contributed by atoms with Crippen LogP contribution in [0.5, 0.6) is 0 Å². The number of nitrogens with one attached hydrogen (secondary N) is 2. The zero-order valence-corrected chi connectivity index (χ0v) is 15.2. The molecule has 2 aromatic rings. The lowest BCUT2D eigenvalue weighted by atomic mass is 9.88. The Labute approximate surface area is 152 Å². The first kappa shape index (κ1) is 17.9. The third-order valence-corrected chi connectivity index (χ3v) is 4.61. The summed E-state index contributed by atoms with van der Waals surface area (Å²) in [6.07, 6.45) is 0. The van der Waals surface area contributed by atoms with Crippen LogP contribution in [0.25, 0.3) is 10.8 Å². The molecule has 26 heavy (non-hydrogen) atoms. The minimum Gasteiger partial charge on any atom is -0.354 e. The highest BCUT2D eigenvalue weighted by Crippen LogP contribution is 2.33. The number of carbonyl (C=O) groups excluding carboxylic acids is 3. The van der Waals surface area contributed by atoms with E-state index in [2.05, 4.69) is 10.6 Å². The van der Waals surface area contributed by atoms with Gasteiger partial charge in [-0.2, -0.15) is 0 Å². The van der Waals surface area contributed by atoms with E-state index in [1.807, 2.05) is 56.3 Å². The fraction of sp³-hybridized carbons (Fsp3) is 0.350. The molecule has 0 aliphatic carbocycles. The standard InChI is InChI=1S/C20H23N3O3/c1-13(2)11-21-17(24)12-23-18(25)20(3,22-19(23)26)16-10-6-8-14-7-4-5-9-15(14)16/h4-10,13H,11-12H2,1-3H3,(H,21,24)(H,22,26)/t20-/m1/s1. The molecule has 0 saturated carbocycles. The minimum absolute atomic E-state index is 0.280. The van der Waals surface area contributed by atoms with E-state index in [4.69, 9.17) is 0 Å². The second kappa shape index (κ2) is 6.78. The number of fused-ring (bicyclic) bond motifs is 1. The van der Waals surface area contributed by atoms with E-state index in [1.165, 1.54) is 0 Å². The van der Waals surface area contributed by atoms with Crippen LogP contribution in [0, 0.1) is 5.92 Å². The summed E-state index contributed by atoms with van der Waals surface area (Å²) in [5.41, 5.74) is -0.477. The van der Waals surface area contributed by atoms with Gasteiger partial charge in [-0.1, -0.05) is 56.3 Å². The second-order valence-electron chi connectivity index (χ2n) is 7.17. The first-order chi connectivity index (χ1) is 12.3. The van der Waals surface area contributed by atoms with Gasteiger partial charge in [-0.3, -0.25) is 14.5 Å². The van der Waals surface area contributed by atoms with Crippen molar-refractivity contribution in [1.82, 2.24) is 15.5 Å². The van der Waals surface area contributed by atoms with Crippen LogP contribution in [0.2, 0.25) is 0 Å². The molecule has 1 saturated heterocycles. The van der Waals surface area contributed by atoms with Crippen LogP contribution in [0.1, 0.15) is 26.3 Å². The monoisotopic (exact) mass is 353 g/mol. The Morgan fingerprint density at radius 3 is 2.58 bits per heavy atom. The van der Waals surface area contributed by atoms with Gasteiger partial charge in [-0.25, -0.2) is 4.79 Å².